The van der Waals surface area contributed by atoms with Crippen molar-refractivity contribution in [1.82, 2.24) is 0 Å². The predicted molar refractivity (Wildman–Crippen MR) is 56.1 cm³/mol. The molecule has 0 spiro atoms. The molecule has 1 aromatic carbocycles. The summed E-state index contributed by atoms with van der Waals surface area (Å²) in [5.74, 6) is 0. The lowest BCUT2D eigenvalue weighted by Gasteiger charge is -2.05. The average molecular weight is 278 g/mol. The van der Waals surface area contributed by atoms with E-state index in [0.29, 0.717) is 4.83 Å². The molecule has 0 saturated heterocycles. The number of halogens is 2. The molecule has 0 amide bonds. The van der Waals surface area contributed by atoms with Crippen molar-refractivity contribution in [2.24, 2.45) is 0 Å². The molecular weight excluding hydrogens is 268 g/mol. The Labute approximate surface area is 84.3 Å². The number of rotatable bonds is 2. The summed E-state index contributed by atoms with van der Waals surface area (Å²) in [6, 6.07) is 8.40. The maximum atomic E-state index is 3.59. The fourth-order valence-electron chi connectivity index (χ4n) is 0.907. The number of alkyl halides is 1. The minimum atomic E-state index is 0.496. The Morgan fingerprint density at radius 3 is 2.27 bits per heavy atom. The fourth-order valence-corrected chi connectivity index (χ4v) is 1.48. The highest BCUT2D eigenvalue weighted by Crippen LogP contribution is 2.26. The van der Waals surface area contributed by atoms with Gasteiger partial charge in [-0.2, -0.15) is 0 Å². The third-order valence-electron chi connectivity index (χ3n) is 1.59. The largest absolute Gasteiger partial charge is 0.0839 e. The Kier molecular flexibility index (Phi) is 3.60. The van der Waals surface area contributed by atoms with Crippen LogP contribution in [0.15, 0.2) is 28.7 Å². The molecule has 0 unspecified atom stereocenters. The van der Waals surface area contributed by atoms with Crippen LogP contribution in [0.2, 0.25) is 0 Å². The van der Waals surface area contributed by atoms with Gasteiger partial charge in [0.05, 0.1) is 0 Å². The van der Waals surface area contributed by atoms with E-state index in [2.05, 4.69) is 63.0 Å². The number of hydrogen-bond acceptors (Lipinski definition) is 0. The van der Waals surface area contributed by atoms with Gasteiger partial charge in [-0.1, -0.05) is 50.9 Å². The molecule has 60 valence electrons. The predicted octanol–water partition coefficient (Wildman–Crippen LogP) is 4.30. The van der Waals surface area contributed by atoms with Crippen molar-refractivity contribution in [2.75, 3.05) is 0 Å². The Morgan fingerprint density at radius 1 is 1.27 bits per heavy atom. The molecule has 0 aliphatic heterocycles. The molecule has 0 aliphatic rings. The van der Waals surface area contributed by atoms with E-state index in [1.54, 1.807) is 0 Å². The Bertz CT molecular complexity index is 216. The first-order chi connectivity index (χ1) is 5.24. The molecule has 0 aromatic heterocycles. The fraction of sp³-hybridized carbons (Fsp3) is 0.333. The van der Waals surface area contributed by atoms with E-state index in [4.69, 9.17) is 0 Å². The lowest BCUT2D eigenvalue weighted by molar-refractivity contribution is 0.911. The van der Waals surface area contributed by atoms with Crippen molar-refractivity contribution in [3.05, 3.63) is 34.3 Å². The van der Waals surface area contributed by atoms with E-state index < -0.39 is 0 Å². The van der Waals surface area contributed by atoms with Crippen LogP contribution in [0.1, 0.15) is 23.7 Å². The molecule has 0 saturated carbocycles. The van der Waals surface area contributed by atoms with Crippen LogP contribution in [0.25, 0.3) is 0 Å². The van der Waals surface area contributed by atoms with Crippen molar-refractivity contribution >= 4 is 31.9 Å². The van der Waals surface area contributed by atoms with Crippen molar-refractivity contribution < 1.29 is 0 Å². The second-order valence-corrected chi connectivity index (χ2v) is 4.45. The van der Waals surface area contributed by atoms with E-state index in [1.807, 2.05) is 0 Å². The summed E-state index contributed by atoms with van der Waals surface area (Å²) in [6.45, 7) is 2.17. The molecule has 11 heavy (non-hydrogen) atoms. The zero-order chi connectivity index (χ0) is 8.27. The van der Waals surface area contributed by atoms with Gasteiger partial charge in [0.15, 0.2) is 0 Å². The smallest absolute Gasteiger partial charge is 0.0392 e. The van der Waals surface area contributed by atoms with E-state index in [-0.39, 0.29) is 0 Å². The summed E-state index contributed by atoms with van der Waals surface area (Å²) in [5.41, 5.74) is 1.34. The molecule has 0 heterocycles. The third-order valence-corrected chi connectivity index (χ3v) is 3.29. The van der Waals surface area contributed by atoms with Gasteiger partial charge in [0.1, 0.15) is 0 Å². The SMILES string of the molecule is CC[C@H](Br)c1ccc(Br)cc1. The van der Waals surface area contributed by atoms with Crippen LogP contribution in [-0.2, 0) is 0 Å². The van der Waals surface area contributed by atoms with Crippen LogP contribution in [0.4, 0.5) is 0 Å². The summed E-state index contributed by atoms with van der Waals surface area (Å²) in [5, 5.41) is 0. The first kappa shape index (κ1) is 9.27. The van der Waals surface area contributed by atoms with E-state index in [9.17, 15) is 0 Å². The molecular formula is C9H10Br2. The van der Waals surface area contributed by atoms with Crippen LogP contribution in [0.5, 0.6) is 0 Å². The lowest BCUT2D eigenvalue weighted by Crippen LogP contribution is -1.85. The standard InChI is InChI=1S/C9H10Br2/c1-2-9(11)7-3-5-8(10)6-4-7/h3-6,9H,2H2,1H3/t9-/m0/s1. The highest BCUT2D eigenvalue weighted by Gasteiger charge is 2.02. The van der Waals surface area contributed by atoms with Crippen LogP contribution in [-0.4, -0.2) is 0 Å². The summed E-state index contributed by atoms with van der Waals surface area (Å²) in [4.78, 5) is 0.496. The van der Waals surface area contributed by atoms with E-state index in [1.165, 1.54) is 5.56 Å². The average Bonchev–Trinajstić information content (AvgIpc) is 2.05. The Balaban J connectivity index is 2.81. The van der Waals surface area contributed by atoms with Gasteiger partial charge in [-0.15, -0.1) is 0 Å². The third kappa shape index (κ3) is 2.60. The van der Waals surface area contributed by atoms with Gasteiger partial charge < -0.3 is 0 Å². The van der Waals surface area contributed by atoms with E-state index >= 15 is 0 Å². The molecule has 0 nitrogen and oxygen atoms in total. The van der Waals surface area contributed by atoms with Crippen molar-refractivity contribution in [3.8, 4) is 0 Å². The van der Waals surface area contributed by atoms with Gasteiger partial charge in [-0.25, -0.2) is 0 Å². The van der Waals surface area contributed by atoms with Crippen molar-refractivity contribution in [1.29, 1.82) is 0 Å². The monoisotopic (exact) mass is 276 g/mol. The zero-order valence-electron chi connectivity index (χ0n) is 6.35. The molecule has 0 radical (unpaired) electrons. The first-order valence-electron chi connectivity index (χ1n) is 3.63. The van der Waals surface area contributed by atoms with Crippen LogP contribution >= 0.6 is 31.9 Å². The molecule has 0 aliphatic carbocycles. The maximum Gasteiger partial charge on any atom is 0.0392 e. The van der Waals surface area contributed by atoms with Crippen LogP contribution in [0, 0.1) is 0 Å². The summed E-state index contributed by atoms with van der Waals surface area (Å²) >= 11 is 7.00. The topological polar surface area (TPSA) is 0 Å². The highest BCUT2D eigenvalue weighted by atomic mass is 79.9. The van der Waals surface area contributed by atoms with E-state index in [0.717, 1.165) is 10.9 Å². The lowest BCUT2D eigenvalue weighted by atomic mass is 10.1. The second kappa shape index (κ2) is 4.27. The second-order valence-electron chi connectivity index (χ2n) is 2.43. The molecule has 2 heteroatoms. The molecule has 1 rings (SSSR count). The summed E-state index contributed by atoms with van der Waals surface area (Å²) < 4.78 is 1.14. The van der Waals surface area contributed by atoms with Gasteiger partial charge in [0, 0.05) is 9.30 Å². The molecule has 0 N–H and O–H groups in total. The Hall–Kier alpha value is 0.180. The first-order valence-corrected chi connectivity index (χ1v) is 5.34. The van der Waals surface area contributed by atoms with Crippen LogP contribution in [0.3, 0.4) is 0 Å². The van der Waals surface area contributed by atoms with Crippen molar-refractivity contribution in [2.45, 2.75) is 18.2 Å². The molecule has 1 atom stereocenters. The Morgan fingerprint density at radius 2 is 1.82 bits per heavy atom. The zero-order valence-corrected chi connectivity index (χ0v) is 9.52. The normalized spacial score (nSPS) is 13.0. The quantitative estimate of drug-likeness (QED) is 0.708. The van der Waals surface area contributed by atoms with Crippen LogP contribution < -0.4 is 0 Å². The summed E-state index contributed by atoms with van der Waals surface area (Å²) in [6.07, 6.45) is 1.13. The number of benzene rings is 1. The maximum absolute atomic E-state index is 3.59. The van der Waals surface area contributed by atoms with Gasteiger partial charge >= 0.3 is 0 Å². The molecule has 1 aromatic rings. The van der Waals surface area contributed by atoms with Gasteiger partial charge in [0.25, 0.3) is 0 Å². The molecule has 0 bridgehead atoms. The van der Waals surface area contributed by atoms with Crippen molar-refractivity contribution in [3.63, 3.8) is 0 Å². The molecule has 0 fully saturated rings. The minimum absolute atomic E-state index is 0.496. The summed E-state index contributed by atoms with van der Waals surface area (Å²) in [7, 11) is 0. The van der Waals surface area contributed by atoms with Gasteiger partial charge in [-0.05, 0) is 24.1 Å². The number of hydrogen-bond donors (Lipinski definition) is 0. The van der Waals surface area contributed by atoms with Gasteiger partial charge in [0.2, 0.25) is 0 Å². The van der Waals surface area contributed by atoms with Gasteiger partial charge in [-0.3, -0.25) is 0 Å². The highest BCUT2D eigenvalue weighted by molar-refractivity contribution is 9.10. The minimum Gasteiger partial charge on any atom is -0.0839 e.